The van der Waals surface area contributed by atoms with Gasteiger partial charge in [0.1, 0.15) is 0 Å². The predicted molar refractivity (Wildman–Crippen MR) is 129 cm³/mol. The third kappa shape index (κ3) is 5.15. The number of carbonyl (C=O) groups is 1. The first-order valence-corrected chi connectivity index (χ1v) is 13.1. The molecule has 1 aliphatic rings. The van der Waals surface area contributed by atoms with Crippen molar-refractivity contribution in [1.29, 1.82) is 0 Å². The Kier molecular flexibility index (Phi) is 7.15. The SMILES string of the molecule is O=C(NCCc1cccs1)c1cc(S(=O)(=O)N2CCN(c3ccccc3)CC2)ccc1Cl. The smallest absolute Gasteiger partial charge is 0.252 e. The van der Waals surface area contributed by atoms with Crippen LogP contribution in [-0.4, -0.2) is 51.4 Å². The van der Waals surface area contributed by atoms with E-state index < -0.39 is 10.0 Å². The zero-order chi connectivity index (χ0) is 22.6. The van der Waals surface area contributed by atoms with Crippen molar-refractivity contribution in [1.82, 2.24) is 9.62 Å². The first kappa shape index (κ1) is 22.8. The van der Waals surface area contributed by atoms with Crippen LogP contribution in [0.25, 0.3) is 0 Å². The molecule has 0 aliphatic carbocycles. The van der Waals surface area contributed by atoms with Crippen LogP contribution in [0.15, 0.2) is 70.9 Å². The van der Waals surface area contributed by atoms with Crippen LogP contribution >= 0.6 is 22.9 Å². The highest BCUT2D eigenvalue weighted by molar-refractivity contribution is 7.89. The third-order valence-electron chi connectivity index (χ3n) is 5.42. The number of carbonyl (C=O) groups excluding carboxylic acids is 1. The maximum Gasteiger partial charge on any atom is 0.252 e. The molecule has 1 saturated heterocycles. The fourth-order valence-corrected chi connectivity index (χ4v) is 6.02. The number of benzene rings is 2. The van der Waals surface area contributed by atoms with Gasteiger partial charge < -0.3 is 10.2 Å². The van der Waals surface area contributed by atoms with Crippen LogP contribution in [0.5, 0.6) is 0 Å². The van der Waals surface area contributed by atoms with Crippen molar-refractivity contribution < 1.29 is 13.2 Å². The molecule has 0 saturated carbocycles. The molecular weight excluding hydrogens is 466 g/mol. The van der Waals surface area contributed by atoms with E-state index in [2.05, 4.69) is 10.2 Å². The zero-order valence-electron chi connectivity index (χ0n) is 17.4. The Morgan fingerprint density at radius 3 is 2.44 bits per heavy atom. The molecule has 0 radical (unpaired) electrons. The molecule has 2 heterocycles. The van der Waals surface area contributed by atoms with Crippen LogP contribution in [0.4, 0.5) is 5.69 Å². The van der Waals surface area contributed by atoms with E-state index in [1.54, 1.807) is 11.3 Å². The van der Waals surface area contributed by atoms with Gasteiger partial charge in [0.2, 0.25) is 10.0 Å². The number of anilines is 1. The molecule has 0 atom stereocenters. The number of hydrogen-bond donors (Lipinski definition) is 1. The first-order chi connectivity index (χ1) is 15.4. The Morgan fingerprint density at radius 2 is 1.75 bits per heavy atom. The highest BCUT2D eigenvalue weighted by atomic mass is 35.5. The molecule has 168 valence electrons. The number of para-hydroxylation sites is 1. The van der Waals surface area contributed by atoms with E-state index in [4.69, 9.17) is 11.6 Å². The molecule has 9 heteroatoms. The predicted octanol–water partition coefficient (Wildman–Crippen LogP) is 3.88. The molecule has 4 rings (SSSR count). The minimum Gasteiger partial charge on any atom is -0.369 e. The normalized spacial score (nSPS) is 15.0. The lowest BCUT2D eigenvalue weighted by atomic mass is 10.2. The molecule has 1 aliphatic heterocycles. The van der Waals surface area contributed by atoms with Crippen LogP contribution in [0.2, 0.25) is 5.02 Å². The van der Waals surface area contributed by atoms with Crippen molar-refractivity contribution in [2.24, 2.45) is 0 Å². The number of sulfonamides is 1. The van der Waals surface area contributed by atoms with Crippen molar-refractivity contribution in [2.75, 3.05) is 37.6 Å². The second-order valence-electron chi connectivity index (χ2n) is 7.45. The number of piperazine rings is 1. The average Bonchev–Trinajstić information content (AvgIpc) is 3.33. The van der Waals surface area contributed by atoms with E-state index in [0.29, 0.717) is 39.1 Å². The van der Waals surface area contributed by atoms with Gasteiger partial charge in [-0.1, -0.05) is 35.9 Å². The van der Waals surface area contributed by atoms with E-state index >= 15 is 0 Å². The van der Waals surface area contributed by atoms with Crippen LogP contribution in [0.3, 0.4) is 0 Å². The summed E-state index contributed by atoms with van der Waals surface area (Å²) in [6, 6.07) is 18.2. The van der Waals surface area contributed by atoms with Gasteiger partial charge in [-0.2, -0.15) is 4.31 Å². The summed E-state index contributed by atoms with van der Waals surface area (Å²) in [5.74, 6) is -0.377. The average molecular weight is 490 g/mol. The molecule has 0 bridgehead atoms. The van der Waals surface area contributed by atoms with Crippen LogP contribution < -0.4 is 10.2 Å². The van der Waals surface area contributed by atoms with Gasteiger partial charge in [-0.05, 0) is 48.2 Å². The summed E-state index contributed by atoms with van der Waals surface area (Å²) in [6.45, 7) is 2.41. The van der Waals surface area contributed by atoms with Gasteiger partial charge in [0.15, 0.2) is 0 Å². The maximum atomic E-state index is 13.2. The van der Waals surface area contributed by atoms with Crippen LogP contribution in [0.1, 0.15) is 15.2 Å². The van der Waals surface area contributed by atoms with Crippen molar-refractivity contribution in [3.8, 4) is 0 Å². The fraction of sp³-hybridized carbons (Fsp3) is 0.261. The molecule has 1 amide bonds. The monoisotopic (exact) mass is 489 g/mol. The summed E-state index contributed by atoms with van der Waals surface area (Å²) >= 11 is 7.85. The molecule has 6 nitrogen and oxygen atoms in total. The summed E-state index contributed by atoms with van der Waals surface area (Å²) in [4.78, 5) is 16.1. The summed E-state index contributed by atoms with van der Waals surface area (Å²) in [6.07, 6.45) is 0.713. The highest BCUT2D eigenvalue weighted by Crippen LogP contribution is 2.25. The van der Waals surface area contributed by atoms with Crippen LogP contribution in [-0.2, 0) is 16.4 Å². The Morgan fingerprint density at radius 1 is 1.00 bits per heavy atom. The molecule has 1 aromatic heterocycles. The quantitative estimate of drug-likeness (QED) is 0.546. The number of thiophene rings is 1. The second kappa shape index (κ2) is 10.0. The molecule has 32 heavy (non-hydrogen) atoms. The lowest BCUT2D eigenvalue weighted by Crippen LogP contribution is -2.48. The number of nitrogens with one attached hydrogen (secondary N) is 1. The summed E-state index contributed by atoms with van der Waals surface area (Å²) < 4.78 is 27.9. The molecule has 1 N–H and O–H groups in total. The Balaban J connectivity index is 1.43. The number of nitrogens with zero attached hydrogens (tertiary/aromatic N) is 2. The lowest BCUT2D eigenvalue weighted by Gasteiger charge is -2.35. The topological polar surface area (TPSA) is 69.7 Å². The van der Waals surface area contributed by atoms with Crippen LogP contribution in [0, 0.1) is 0 Å². The van der Waals surface area contributed by atoms with E-state index in [0.717, 1.165) is 5.69 Å². The number of rotatable bonds is 7. The third-order valence-corrected chi connectivity index (χ3v) is 8.58. The Bertz CT molecular complexity index is 1160. The van der Waals surface area contributed by atoms with E-state index in [-0.39, 0.29) is 21.4 Å². The van der Waals surface area contributed by atoms with Crippen molar-refractivity contribution in [2.45, 2.75) is 11.3 Å². The van der Waals surface area contributed by atoms with Gasteiger partial charge in [-0.15, -0.1) is 11.3 Å². The minimum absolute atomic E-state index is 0.0819. The Hall–Kier alpha value is -2.39. The highest BCUT2D eigenvalue weighted by Gasteiger charge is 2.29. The first-order valence-electron chi connectivity index (χ1n) is 10.4. The molecule has 0 unspecified atom stereocenters. The van der Waals surface area contributed by atoms with Gasteiger partial charge in [0, 0.05) is 43.3 Å². The molecule has 3 aromatic rings. The van der Waals surface area contributed by atoms with E-state index in [1.807, 2.05) is 47.8 Å². The summed E-state index contributed by atoms with van der Waals surface area (Å²) in [5, 5.41) is 5.04. The number of amides is 1. The van der Waals surface area contributed by atoms with Gasteiger partial charge >= 0.3 is 0 Å². The number of hydrogen-bond acceptors (Lipinski definition) is 5. The summed E-state index contributed by atoms with van der Waals surface area (Å²) in [7, 11) is -3.73. The summed E-state index contributed by atoms with van der Waals surface area (Å²) in [5.41, 5.74) is 1.25. The van der Waals surface area contributed by atoms with Gasteiger partial charge in [0.25, 0.3) is 5.91 Å². The van der Waals surface area contributed by atoms with Gasteiger partial charge in [-0.3, -0.25) is 4.79 Å². The van der Waals surface area contributed by atoms with Crippen molar-refractivity contribution in [3.05, 3.63) is 81.5 Å². The van der Waals surface area contributed by atoms with Gasteiger partial charge in [-0.25, -0.2) is 8.42 Å². The largest absolute Gasteiger partial charge is 0.369 e. The zero-order valence-corrected chi connectivity index (χ0v) is 19.8. The Labute approximate surface area is 197 Å². The molecule has 2 aromatic carbocycles. The van der Waals surface area contributed by atoms with Gasteiger partial charge in [0.05, 0.1) is 15.5 Å². The van der Waals surface area contributed by atoms with Crippen molar-refractivity contribution >= 4 is 44.6 Å². The van der Waals surface area contributed by atoms with E-state index in [9.17, 15) is 13.2 Å². The minimum atomic E-state index is -3.73. The van der Waals surface area contributed by atoms with E-state index in [1.165, 1.54) is 27.4 Å². The maximum absolute atomic E-state index is 13.2. The molecular formula is C23H24ClN3O3S2. The molecule has 1 fully saturated rings. The molecule has 0 spiro atoms. The standard InChI is InChI=1S/C23H24ClN3O3S2/c24-22-9-8-20(17-21(22)23(28)25-11-10-19-7-4-16-31-19)32(29,30)27-14-12-26(13-15-27)18-5-2-1-3-6-18/h1-9,16-17H,10-15H2,(H,25,28). The second-order valence-corrected chi connectivity index (χ2v) is 10.8. The number of halogens is 1. The fourth-order valence-electron chi connectivity index (χ4n) is 3.66. The lowest BCUT2D eigenvalue weighted by molar-refractivity contribution is 0.0954. The van der Waals surface area contributed by atoms with Crippen molar-refractivity contribution in [3.63, 3.8) is 0 Å².